The molecule has 1 amide bonds. The Labute approximate surface area is 143 Å². The molecule has 0 aliphatic heterocycles. The van der Waals surface area contributed by atoms with Crippen LogP contribution in [-0.4, -0.2) is 24.5 Å². The van der Waals surface area contributed by atoms with Crippen LogP contribution in [0.4, 0.5) is 0 Å². The lowest BCUT2D eigenvalue weighted by Crippen LogP contribution is -2.43. The quantitative estimate of drug-likeness (QED) is 0.404. The highest BCUT2D eigenvalue weighted by molar-refractivity contribution is 14.1. The summed E-state index contributed by atoms with van der Waals surface area (Å²) >= 11 is 2.19. The van der Waals surface area contributed by atoms with Crippen molar-refractivity contribution in [1.82, 2.24) is 5.32 Å². The van der Waals surface area contributed by atoms with Gasteiger partial charge in [-0.25, -0.2) is 4.79 Å². The number of nitriles is 1. The first kappa shape index (κ1) is 18.2. The molecule has 6 heteroatoms. The number of ether oxygens (including phenoxy) is 1. The van der Waals surface area contributed by atoms with Crippen molar-refractivity contribution in [2.45, 2.75) is 25.3 Å². The molecule has 1 atom stereocenters. The number of nitrogens with zero attached hydrogens (tertiary/aromatic N) is 1. The fourth-order valence-corrected chi connectivity index (χ4v) is 2.11. The largest absolute Gasteiger partial charge is 0.449 e. The van der Waals surface area contributed by atoms with E-state index in [0.29, 0.717) is 12.8 Å². The minimum Gasteiger partial charge on any atom is -0.449 e. The highest BCUT2D eigenvalue weighted by Gasteiger charge is 2.22. The molecule has 1 unspecified atom stereocenters. The van der Waals surface area contributed by atoms with Crippen LogP contribution < -0.4 is 5.32 Å². The molecule has 0 saturated heterocycles. The van der Waals surface area contributed by atoms with E-state index in [0.717, 1.165) is 9.13 Å². The lowest BCUT2D eigenvalue weighted by Gasteiger charge is -2.17. The molecule has 116 valence electrons. The second-order valence-electron chi connectivity index (χ2n) is 4.54. The van der Waals surface area contributed by atoms with Gasteiger partial charge in [0, 0.05) is 16.4 Å². The van der Waals surface area contributed by atoms with E-state index < -0.39 is 12.0 Å². The number of halogens is 1. The fourth-order valence-electron chi connectivity index (χ4n) is 1.75. The number of hydrogen-bond donors (Lipinski definition) is 1. The number of hydrogen-bond acceptors (Lipinski definition) is 4. The Morgan fingerprint density at radius 2 is 2.09 bits per heavy atom. The molecule has 1 aromatic rings. The van der Waals surface area contributed by atoms with Crippen molar-refractivity contribution < 1.29 is 14.3 Å². The summed E-state index contributed by atoms with van der Waals surface area (Å²) < 4.78 is 5.90. The summed E-state index contributed by atoms with van der Waals surface area (Å²) in [6.07, 6.45) is 2.76. The minimum absolute atomic E-state index is 0.246. The van der Waals surface area contributed by atoms with Crippen LogP contribution in [0.25, 0.3) is 0 Å². The van der Waals surface area contributed by atoms with Gasteiger partial charge in [-0.3, -0.25) is 4.79 Å². The summed E-state index contributed by atoms with van der Waals surface area (Å²) in [4.78, 5) is 23.8. The number of allylic oxidation sites excluding steroid dienone is 1. The highest BCUT2D eigenvalue weighted by atomic mass is 127. The molecule has 0 saturated carbocycles. The molecular formula is C16H17IN2O3. The molecule has 0 aliphatic carbocycles. The van der Waals surface area contributed by atoms with Gasteiger partial charge in [-0.15, -0.1) is 6.58 Å². The van der Waals surface area contributed by atoms with Gasteiger partial charge in [-0.2, -0.15) is 5.26 Å². The van der Waals surface area contributed by atoms with Crippen molar-refractivity contribution in [2.75, 3.05) is 6.61 Å². The Kier molecular flexibility index (Phi) is 8.22. The molecule has 0 spiro atoms. The summed E-state index contributed by atoms with van der Waals surface area (Å²) in [5.41, 5.74) is 0.906. The molecule has 1 aromatic carbocycles. The van der Waals surface area contributed by atoms with Gasteiger partial charge in [-0.05, 0) is 46.7 Å². The van der Waals surface area contributed by atoms with Crippen LogP contribution in [0.1, 0.15) is 18.4 Å². The van der Waals surface area contributed by atoms with E-state index >= 15 is 0 Å². The van der Waals surface area contributed by atoms with Crippen LogP contribution in [0.2, 0.25) is 0 Å². The van der Waals surface area contributed by atoms with Crippen LogP contribution in [0, 0.1) is 14.9 Å². The Morgan fingerprint density at radius 3 is 2.68 bits per heavy atom. The summed E-state index contributed by atoms with van der Waals surface area (Å²) in [6, 6.07) is 8.57. The lowest BCUT2D eigenvalue weighted by atomic mass is 10.1. The van der Waals surface area contributed by atoms with Crippen LogP contribution in [0.15, 0.2) is 36.9 Å². The molecule has 0 aromatic heterocycles. The smallest absolute Gasteiger partial charge is 0.330 e. The first-order valence-corrected chi connectivity index (χ1v) is 7.83. The molecule has 0 aliphatic rings. The number of nitrogens with one attached hydrogen (secondary N) is 1. The van der Waals surface area contributed by atoms with Crippen LogP contribution in [0.3, 0.4) is 0 Å². The zero-order valence-electron chi connectivity index (χ0n) is 12.0. The number of carbonyl (C=O) groups is 2. The number of esters is 1. The SMILES string of the molecule is C=CCCC(=O)NC(Cc1ccc(I)cc1)C(=O)OCC#N. The van der Waals surface area contributed by atoms with Gasteiger partial charge < -0.3 is 10.1 Å². The van der Waals surface area contributed by atoms with Gasteiger partial charge in [0.15, 0.2) is 6.61 Å². The van der Waals surface area contributed by atoms with Gasteiger partial charge in [0.1, 0.15) is 12.1 Å². The van der Waals surface area contributed by atoms with E-state index in [-0.39, 0.29) is 18.9 Å². The molecule has 0 heterocycles. The molecule has 1 N–H and O–H groups in total. The van der Waals surface area contributed by atoms with Crippen molar-refractivity contribution in [3.8, 4) is 6.07 Å². The maximum absolute atomic E-state index is 12.0. The second-order valence-corrected chi connectivity index (χ2v) is 5.79. The average molecular weight is 412 g/mol. The van der Waals surface area contributed by atoms with Gasteiger partial charge in [0.05, 0.1) is 0 Å². The topological polar surface area (TPSA) is 79.2 Å². The standard InChI is InChI=1S/C16H17IN2O3/c1-2-3-4-15(20)19-14(16(21)22-10-9-18)11-12-5-7-13(17)8-6-12/h2,5-8,14H,1,3-4,10-11H2,(H,19,20). The maximum atomic E-state index is 12.0. The first-order chi connectivity index (χ1) is 10.6. The van der Waals surface area contributed by atoms with Gasteiger partial charge >= 0.3 is 5.97 Å². The number of rotatable bonds is 8. The van der Waals surface area contributed by atoms with Crippen molar-refractivity contribution in [3.63, 3.8) is 0 Å². The number of carbonyl (C=O) groups excluding carboxylic acids is 2. The van der Waals surface area contributed by atoms with E-state index in [9.17, 15) is 9.59 Å². The molecule has 0 radical (unpaired) electrons. The zero-order valence-corrected chi connectivity index (χ0v) is 14.2. The van der Waals surface area contributed by atoms with E-state index in [1.54, 1.807) is 12.1 Å². The van der Waals surface area contributed by atoms with E-state index in [2.05, 4.69) is 34.5 Å². The third-order valence-corrected chi connectivity index (χ3v) is 3.55. The third kappa shape index (κ3) is 6.72. The van der Waals surface area contributed by atoms with Crippen molar-refractivity contribution in [3.05, 3.63) is 46.1 Å². The molecule has 0 fully saturated rings. The van der Waals surface area contributed by atoms with E-state index in [1.807, 2.05) is 24.3 Å². The van der Waals surface area contributed by atoms with Crippen LogP contribution in [-0.2, 0) is 20.7 Å². The highest BCUT2D eigenvalue weighted by Crippen LogP contribution is 2.10. The van der Waals surface area contributed by atoms with Crippen molar-refractivity contribution in [2.24, 2.45) is 0 Å². The lowest BCUT2D eigenvalue weighted by molar-refractivity contribution is -0.146. The Morgan fingerprint density at radius 1 is 1.41 bits per heavy atom. The summed E-state index contributed by atoms with van der Waals surface area (Å²) in [7, 11) is 0. The molecule has 0 bridgehead atoms. The summed E-state index contributed by atoms with van der Waals surface area (Å²) in [5.74, 6) is -0.851. The Bertz CT molecular complexity index is 564. The Balaban J connectivity index is 2.74. The fraction of sp³-hybridized carbons (Fsp3) is 0.312. The van der Waals surface area contributed by atoms with Crippen LogP contribution >= 0.6 is 22.6 Å². The predicted octanol–water partition coefficient (Wildman–Crippen LogP) is 2.35. The molecule has 22 heavy (non-hydrogen) atoms. The Hall–Kier alpha value is -1.88. The van der Waals surface area contributed by atoms with Gasteiger partial charge in [0.2, 0.25) is 5.91 Å². The van der Waals surface area contributed by atoms with Crippen molar-refractivity contribution >= 4 is 34.5 Å². The van der Waals surface area contributed by atoms with E-state index in [4.69, 9.17) is 10.00 Å². The zero-order chi connectivity index (χ0) is 16.4. The van der Waals surface area contributed by atoms with E-state index in [1.165, 1.54) is 0 Å². The van der Waals surface area contributed by atoms with Gasteiger partial charge in [-0.1, -0.05) is 18.2 Å². The van der Waals surface area contributed by atoms with Crippen LogP contribution in [0.5, 0.6) is 0 Å². The third-order valence-electron chi connectivity index (χ3n) is 2.83. The summed E-state index contributed by atoms with van der Waals surface area (Å²) in [5, 5.41) is 11.1. The number of benzene rings is 1. The first-order valence-electron chi connectivity index (χ1n) is 6.75. The minimum atomic E-state index is -0.800. The average Bonchev–Trinajstić information content (AvgIpc) is 2.52. The second kappa shape index (κ2) is 9.95. The maximum Gasteiger partial charge on any atom is 0.330 e. The normalized spacial score (nSPS) is 11.1. The summed E-state index contributed by atoms with van der Waals surface area (Å²) in [6.45, 7) is 3.23. The number of amides is 1. The molecule has 5 nitrogen and oxygen atoms in total. The monoisotopic (exact) mass is 412 g/mol. The van der Waals surface area contributed by atoms with Gasteiger partial charge in [0.25, 0.3) is 0 Å². The molecule has 1 rings (SSSR count). The molecular weight excluding hydrogens is 395 g/mol. The predicted molar refractivity (Wildman–Crippen MR) is 90.8 cm³/mol. The van der Waals surface area contributed by atoms with Crippen molar-refractivity contribution in [1.29, 1.82) is 5.26 Å².